The maximum Gasteiger partial charge on any atom is 0.241 e. The van der Waals surface area contributed by atoms with E-state index < -0.39 is 16.1 Å². The first-order chi connectivity index (χ1) is 11.9. The fourth-order valence-electron chi connectivity index (χ4n) is 2.37. The van der Waals surface area contributed by atoms with Crippen LogP contribution in [0.1, 0.15) is 23.4 Å². The Morgan fingerprint density at radius 2 is 1.88 bits per heavy atom. The van der Waals surface area contributed by atoms with E-state index in [1.807, 2.05) is 30.3 Å². The third-order valence-electron chi connectivity index (χ3n) is 3.53. The third kappa shape index (κ3) is 4.45. The van der Waals surface area contributed by atoms with Crippen molar-refractivity contribution in [3.05, 3.63) is 77.0 Å². The molecule has 3 rings (SSSR count). The molecule has 0 aliphatic rings. The molecular formula is C17H16ClN3O3S. The van der Waals surface area contributed by atoms with Gasteiger partial charge >= 0.3 is 0 Å². The Morgan fingerprint density at radius 3 is 2.52 bits per heavy atom. The minimum atomic E-state index is -3.80. The summed E-state index contributed by atoms with van der Waals surface area (Å²) in [5.74, 6) is 0.585. The second-order valence-corrected chi connectivity index (χ2v) is 7.63. The highest BCUT2D eigenvalue weighted by atomic mass is 35.5. The predicted octanol–water partition coefficient (Wildman–Crippen LogP) is 3.29. The average Bonchev–Trinajstić information content (AvgIpc) is 3.02. The maximum atomic E-state index is 12.7. The maximum absolute atomic E-state index is 12.7. The predicted molar refractivity (Wildman–Crippen MR) is 93.7 cm³/mol. The van der Waals surface area contributed by atoms with Gasteiger partial charge in [-0.2, -0.15) is 4.72 Å². The molecule has 0 saturated heterocycles. The van der Waals surface area contributed by atoms with Crippen LogP contribution in [0.3, 0.4) is 0 Å². The molecule has 1 aromatic heterocycles. The lowest BCUT2D eigenvalue weighted by molar-refractivity contribution is 0.411. The van der Waals surface area contributed by atoms with Crippen LogP contribution >= 0.6 is 11.6 Å². The van der Waals surface area contributed by atoms with Crippen LogP contribution in [0.25, 0.3) is 0 Å². The van der Waals surface area contributed by atoms with E-state index in [1.165, 1.54) is 12.1 Å². The van der Waals surface area contributed by atoms with Crippen LogP contribution in [0.15, 0.2) is 63.9 Å². The Morgan fingerprint density at radius 1 is 1.12 bits per heavy atom. The van der Waals surface area contributed by atoms with Gasteiger partial charge in [0.05, 0.1) is 4.90 Å². The van der Waals surface area contributed by atoms with Crippen molar-refractivity contribution in [2.24, 2.45) is 0 Å². The summed E-state index contributed by atoms with van der Waals surface area (Å²) < 4.78 is 33.5. The summed E-state index contributed by atoms with van der Waals surface area (Å²) in [7, 11) is -3.80. The van der Waals surface area contributed by atoms with Gasteiger partial charge < -0.3 is 4.42 Å². The lowest BCUT2D eigenvalue weighted by atomic mass is 10.1. The van der Waals surface area contributed by atoms with E-state index in [9.17, 15) is 8.42 Å². The number of rotatable bonds is 6. The Bertz CT molecular complexity index is 958. The van der Waals surface area contributed by atoms with Gasteiger partial charge in [-0.25, -0.2) is 8.42 Å². The van der Waals surface area contributed by atoms with Crippen molar-refractivity contribution in [1.82, 2.24) is 14.9 Å². The fourth-order valence-corrected chi connectivity index (χ4v) is 3.86. The highest BCUT2D eigenvalue weighted by molar-refractivity contribution is 7.89. The van der Waals surface area contributed by atoms with Gasteiger partial charge in [0.25, 0.3) is 0 Å². The number of aromatic nitrogens is 2. The summed E-state index contributed by atoms with van der Waals surface area (Å²) >= 11 is 5.90. The number of sulfonamides is 1. The van der Waals surface area contributed by atoms with Gasteiger partial charge in [0.1, 0.15) is 6.04 Å². The van der Waals surface area contributed by atoms with Crippen molar-refractivity contribution in [2.75, 3.05) is 0 Å². The van der Waals surface area contributed by atoms with Crippen LogP contribution in [0.5, 0.6) is 0 Å². The first-order valence-corrected chi connectivity index (χ1v) is 9.42. The minimum Gasteiger partial charge on any atom is -0.424 e. The van der Waals surface area contributed by atoms with Crippen molar-refractivity contribution >= 4 is 21.6 Å². The summed E-state index contributed by atoms with van der Waals surface area (Å²) in [5.41, 5.74) is 0.942. The second-order valence-electron chi connectivity index (χ2n) is 5.48. The number of aryl methyl sites for hydroxylation is 1. The number of benzene rings is 2. The Labute approximate surface area is 150 Å². The van der Waals surface area contributed by atoms with Crippen LogP contribution in [-0.4, -0.2) is 18.6 Å². The third-order valence-corrected chi connectivity index (χ3v) is 5.23. The molecule has 1 atom stereocenters. The number of nitrogens with one attached hydrogen (secondary N) is 1. The molecule has 0 saturated carbocycles. The number of hydrogen-bond acceptors (Lipinski definition) is 5. The van der Waals surface area contributed by atoms with E-state index in [-0.39, 0.29) is 10.8 Å². The largest absolute Gasteiger partial charge is 0.424 e. The van der Waals surface area contributed by atoms with Gasteiger partial charge in [-0.3, -0.25) is 0 Å². The average molecular weight is 378 g/mol. The monoisotopic (exact) mass is 377 g/mol. The molecule has 1 heterocycles. The van der Waals surface area contributed by atoms with E-state index in [0.717, 1.165) is 5.56 Å². The molecule has 0 aliphatic carbocycles. The van der Waals surface area contributed by atoms with Crippen LogP contribution in [0, 0.1) is 6.92 Å². The molecule has 1 unspecified atom stereocenters. The van der Waals surface area contributed by atoms with Crippen LogP contribution < -0.4 is 4.72 Å². The fraction of sp³-hybridized carbons (Fsp3) is 0.176. The van der Waals surface area contributed by atoms with Gasteiger partial charge in [-0.15, -0.1) is 10.2 Å². The molecule has 0 radical (unpaired) electrons. The lowest BCUT2D eigenvalue weighted by Gasteiger charge is -2.16. The zero-order valence-corrected chi connectivity index (χ0v) is 15.0. The van der Waals surface area contributed by atoms with Gasteiger partial charge in [0.2, 0.25) is 21.8 Å². The number of halogens is 1. The molecule has 0 fully saturated rings. The molecule has 130 valence electrons. The smallest absolute Gasteiger partial charge is 0.241 e. The van der Waals surface area contributed by atoms with Gasteiger partial charge in [-0.05, 0) is 30.2 Å². The van der Waals surface area contributed by atoms with Crippen LogP contribution in [0.2, 0.25) is 5.02 Å². The molecule has 25 heavy (non-hydrogen) atoms. The molecule has 0 aliphatic heterocycles. The number of hydrogen-bond donors (Lipinski definition) is 1. The molecule has 0 amide bonds. The van der Waals surface area contributed by atoms with Crippen molar-refractivity contribution in [1.29, 1.82) is 0 Å². The highest BCUT2D eigenvalue weighted by Crippen LogP contribution is 2.22. The van der Waals surface area contributed by atoms with Crippen molar-refractivity contribution in [2.45, 2.75) is 24.3 Å². The van der Waals surface area contributed by atoms with Gasteiger partial charge in [-0.1, -0.05) is 48.0 Å². The summed E-state index contributed by atoms with van der Waals surface area (Å²) in [6.07, 6.45) is 0.377. The van der Waals surface area contributed by atoms with Gasteiger partial charge in [0.15, 0.2) is 0 Å². The summed E-state index contributed by atoms with van der Waals surface area (Å²) in [5, 5.41) is 8.11. The summed E-state index contributed by atoms with van der Waals surface area (Å²) in [6.45, 7) is 1.65. The normalized spacial score (nSPS) is 12.9. The van der Waals surface area contributed by atoms with Crippen LogP contribution in [0.4, 0.5) is 0 Å². The van der Waals surface area contributed by atoms with Gasteiger partial charge in [0, 0.05) is 11.9 Å². The van der Waals surface area contributed by atoms with E-state index in [1.54, 1.807) is 19.1 Å². The molecule has 8 heteroatoms. The quantitative estimate of drug-likeness (QED) is 0.712. The lowest BCUT2D eigenvalue weighted by Crippen LogP contribution is -2.30. The molecule has 6 nitrogen and oxygen atoms in total. The van der Waals surface area contributed by atoms with E-state index in [4.69, 9.17) is 16.0 Å². The van der Waals surface area contributed by atoms with Crippen LogP contribution in [-0.2, 0) is 16.4 Å². The first-order valence-electron chi connectivity index (χ1n) is 7.56. The Hall–Kier alpha value is -2.22. The van der Waals surface area contributed by atoms with E-state index in [2.05, 4.69) is 14.9 Å². The molecule has 2 aromatic carbocycles. The Kier molecular flexibility index (Phi) is 5.17. The van der Waals surface area contributed by atoms with E-state index >= 15 is 0 Å². The SMILES string of the molecule is Cc1nnc(C(Cc2ccccc2)NS(=O)(=O)c2cccc(Cl)c2)o1. The van der Waals surface area contributed by atoms with E-state index in [0.29, 0.717) is 17.3 Å². The zero-order chi connectivity index (χ0) is 17.9. The summed E-state index contributed by atoms with van der Waals surface area (Å²) in [6, 6.07) is 14.9. The molecule has 3 aromatic rings. The molecule has 0 bridgehead atoms. The minimum absolute atomic E-state index is 0.0781. The second kappa shape index (κ2) is 7.35. The highest BCUT2D eigenvalue weighted by Gasteiger charge is 2.26. The summed E-state index contributed by atoms with van der Waals surface area (Å²) in [4.78, 5) is 0.0781. The molecule has 0 spiro atoms. The topological polar surface area (TPSA) is 85.1 Å². The van der Waals surface area contributed by atoms with Crippen molar-refractivity contribution in [3.8, 4) is 0 Å². The standard InChI is InChI=1S/C17H16ClN3O3S/c1-12-19-20-17(24-12)16(10-13-6-3-2-4-7-13)21-25(22,23)15-9-5-8-14(18)11-15/h2-9,11,16,21H,10H2,1H3. The Balaban J connectivity index is 1.92. The molecular weight excluding hydrogens is 362 g/mol. The number of nitrogens with zero attached hydrogens (tertiary/aromatic N) is 2. The molecule has 1 N–H and O–H groups in total. The van der Waals surface area contributed by atoms with Crippen molar-refractivity contribution in [3.63, 3.8) is 0 Å². The first kappa shape index (κ1) is 17.6. The zero-order valence-electron chi connectivity index (χ0n) is 13.4. The van der Waals surface area contributed by atoms with Crippen molar-refractivity contribution < 1.29 is 12.8 Å².